The Balaban J connectivity index is 2.17. The van der Waals surface area contributed by atoms with E-state index in [1.54, 1.807) is 6.07 Å². The van der Waals surface area contributed by atoms with E-state index >= 15 is 0 Å². The molecule has 0 saturated heterocycles. The van der Waals surface area contributed by atoms with Gasteiger partial charge in [-0.25, -0.2) is 9.18 Å². The van der Waals surface area contributed by atoms with Crippen molar-refractivity contribution in [2.75, 3.05) is 6.61 Å². The molecule has 2 aliphatic rings. The highest BCUT2D eigenvalue weighted by molar-refractivity contribution is 6.17. The molecule has 0 amide bonds. The minimum Gasteiger partial charge on any atom is -0.488 e. The lowest BCUT2D eigenvalue weighted by Gasteiger charge is -2.24. The average molecular weight is 330 g/mol. The van der Waals surface area contributed by atoms with Gasteiger partial charge in [0.25, 0.3) is 0 Å². The standard InChI is InChI=1S/C19H19FO4/c1-2-11-7-14-13-5-3-4-6-17(21)15(19(22)23)8-12(13)10-24-18(14)9-16(11)20/h7-9H,2-6,10H2,1H3,(H,22,23). The Hall–Kier alpha value is -2.43. The highest BCUT2D eigenvalue weighted by atomic mass is 19.1. The quantitative estimate of drug-likeness (QED) is 0.840. The number of allylic oxidation sites excluding steroid dienone is 1. The number of aryl methyl sites for hydroxylation is 1. The number of halogens is 1. The van der Waals surface area contributed by atoms with Gasteiger partial charge in [0.1, 0.15) is 23.7 Å². The normalized spacial score (nSPS) is 17.8. The number of aliphatic carboxylic acids is 1. The smallest absolute Gasteiger partial charge is 0.339 e. The van der Waals surface area contributed by atoms with Crippen molar-refractivity contribution in [1.29, 1.82) is 0 Å². The zero-order valence-corrected chi connectivity index (χ0v) is 13.5. The van der Waals surface area contributed by atoms with Crippen LogP contribution < -0.4 is 4.74 Å². The van der Waals surface area contributed by atoms with Crippen LogP contribution in [0.15, 0.2) is 29.4 Å². The minimum absolute atomic E-state index is 0.150. The van der Waals surface area contributed by atoms with Crippen LogP contribution in [0.4, 0.5) is 4.39 Å². The number of carboxylic acids is 1. The van der Waals surface area contributed by atoms with E-state index < -0.39 is 5.97 Å². The van der Waals surface area contributed by atoms with E-state index in [4.69, 9.17) is 4.74 Å². The summed E-state index contributed by atoms with van der Waals surface area (Å²) in [5.74, 6) is -1.37. The lowest BCUT2D eigenvalue weighted by molar-refractivity contribution is -0.134. The molecule has 1 heterocycles. The third-order valence-electron chi connectivity index (χ3n) is 4.56. The van der Waals surface area contributed by atoms with Crippen LogP contribution in [0.3, 0.4) is 0 Å². The molecule has 0 bridgehead atoms. The number of fused-ring (bicyclic) bond motifs is 2. The van der Waals surface area contributed by atoms with Crippen molar-refractivity contribution >= 4 is 17.3 Å². The molecule has 3 rings (SSSR count). The number of Topliss-reactive ketones (excluding diaryl/α,β-unsaturated/α-hetero) is 1. The van der Waals surface area contributed by atoms with Gasteiger partial charge < -0.3 is 9.84 Å². The molecule has 4 nitrogen and oxygen atoms in total. The number of benzene rings is 1. The van der Waals surface area contributed by atoms with Gasteiger partial charge in [-0.3, -0.25) is 4.79 Å². The lowest BCUT2D eigenvalue weighted by atomic mass is 9.90. The third-order valence-corrected chi connectivity index (χ3v) is 4.56. The summed E-state index contributed by atoms with van der Waals surface area (Å²) >= 11 is 0. The number of carbonyl (C=O) groups excluding carboxylic acids is 1. The molecule has 5 heteroatoms. The highest BCUT2D eigenvalue weighted by Gasteiger charge is 2.25. The zero-order chi connectivity index (χ0) is 17.3. The van der Waals surface area contributed by atoms with Crippen LogP contribution in [0, 0.1) is 5.82 Å². The summed E-state index contributed by atoms with van der Waals surface area (Å²) in [6.45, 7) is 2.03. The van der Waals surface area contributed by atoms with Crippen LogP contribution in [-0.4, -0.2) is 23.5 Å². The van der Waals surface area contributed by atoms with E-state index in [1.807, 2.05) is 6.92 Å². The number of rotatable bonds is 2. The van der Waals surface area contributed by atoms with E-state index in [0.717, 1.165) is 24.0 Å². The summed E-state index contributed by atoms with van der Waals surface area (Å²) < 4.78 is 19.6. The largest absolute Gasteiger partial charge is 0.488 e. The number of hydrogen-bond acceptors (Lipinski definition) is 3. The molecule has 1 N–H and O–H groups in total. The summed E-state index contributed by atoms with van der Waals surface area (Å²) in [5.41, 5.74) is 2.87. The fourth-order valence-corrected chi connectivity index (χ4v) is 3.22. The van der Waals surface area contributed by atoms with Gasteiger partial charge in [0, 0.05) is 18.1 Å². The Morgan fingerprint density at radius 1 is 1.29 bits per heavy atom. The van der Waals surface area contributed by atoms with Gasteiger partial charge in [0.2, 0.25) is 0 Å². The van der Waals surface area contributed by atoms with Crippen molar-refractivity contribution in [3.8, 4) is 5.75 Å². The van der Waals surface area contributed by atoms with Crippen molar-refractivity contribution in [3.05, 3.63) is 46.3 Å². The fraction of sp³-hybridized carbons (Fsp3) is 0.368. The maximum absolute atomic E-state index is 14.0. The van der Waals surface area contributed by atoms with E-state index in [-0.39, 0.29) is 30.2 Å². The minimum atomic E-state index is -1.21. The van der Waals surface area contributed by atoms with Gasteiger partial charge in [-0.15, -0.1) is 0 Å². The van der Waals surface area contributed by atoms with E-state index in [0.29, 0.717) is 29.7 Å². The van der Waals surface area contributed by atoms with Crippen LogP contribution in [0.25, 0.3) is 5.57 Å². The van der Waals surface area contributed by atoms with E-state index in [1.165, 1.54) is 12.1 Å². The molecule has 0 radical (unpaired) electrons. The molecular weight excluding hydrogens is 311 g/mol. The van der Waals surface area contributed by atoms with Crippen molar-refractivity contribution in [3.63, 3.8) is 0 Å². The van der Waals surface area contributed by atoms with Crippen LogP contribution in [0.1, 0.15) is 43.7 Å². The van der Waals surface area contributed by atoms with Crippen LogP contribution in [0.2, 0.25) is 0 Å². The summed E-state index contributed by atoms with van der Waals surface area (Å²) in [7, 11) is 0. The number of hydrogen-bond donors (Lipinski definition) is 1. The number of ether oxygens (including phenoxy) is 1. The molecule has 0 spiro atoms. The molecule has 0 aromatic heterocycles. The van der Waals surface area contributed by atoms with Crippen LogP contribution in [0.5, 0.6) is 5.75 Å². The SMILES string of the molecule is CCc1cc2c(cc1F)OCC1=C2CCCCC(=O)C(C(=O)O)=C1. The first-order valence-electron chi connectivity index (χ1n) is 8.17. The fourth-order valence-electron chi connectivity index (χ4n) is 3.22. The summed E-state index contributed by atoms with van der Waals surface area (Å²) in [4.78, 5) is 23.5. The molecule has 24 heavy (non-hydrogen) atoms. The molecule has 0 fully saturated rings. The van der Waals surface area contributed by atoms with Gasteiger partial charge in [0.15, 0.2) is 5.78 Å². The number of carbonyl (C=O) groups is 2. The topological polar surface area (TPSA) is 63.6 Å². The maximum atomic E-state index is 14.0. The zero-order valence-electron chi connectivity index (χ0n) is 13.5. The summed E-state index contributed by atoms with van der Waals surface area (Å²) in [5, 5.41) is 9.32. The van der Waals surface area contributed by atoms with Crippen molar-refractivity contribution in [2.45, 2.75) is 39.0 Å². The first-order chi connectivity index (χ1) is 11.5. The summed E-state index contributed by atoms with van der Waals surface area (Å²) in [6.07, 6.45) is 4.37. The van der Waals surface area contributed by atoms with Crippen LogP contribution in [-0.2, 0) is 16.0 Å². The Labute approximate surface area is 139 Å². The molecule has 0 atom stereocenters. The second kappa shape index (κ2) is 6.59. The third kappa shape index (κ3) is 2.98. The van der Waals surface area contributed by atoms with E-state index in [2.05, 4.69) is 0 Å². The van der Waals surface area contributed by atoms with E-state index in [9.17, 15) is 19.1 Å². The molecule has 1 aliphatic carbocycles. The highest BCUT2D eigenvalue weighted by Crippen LogP contribution is 2.39. The molecule has 0 saturated carbocycles. The first kappa shape index (κ1) is 16.4. The van der Waals surface area contributed by atoms with Gasteiger partial charge in [-0.1, -0.05) is 6.92 Å². The van der Waals surface area contributed by atoms with Gasteiger partial charge >= 0.3 is 5.97 Å². The molecule has 126 valence electrons. The molecule has 1 aromatic carbocycles. The van der Waals surface area contributed by atoms with Crippen molar-refractivity contribution in [2.24, 2.45) is 0 Å². The molecule has 1 aliphatic heterocycles. The average Bonchev–Trinajstić information content (AvgIpc) is 2.63. The van der Waals surface area contributed by atoms with Gasteiger partial charge in [0.05, 0.1) is 0 Å². The Bertz CT molecular complexity index is 774. The second-order valence-corrected chi connectivity index (χ2v) is 6.08. The lowest BCUT2D eigenvalue weighted by Crippen LogP contribution is -2.15. The monoisotopic (exact) mass is 330 g/mol. The predicted octanol–water partition coefficient (Wildman–Crippen LogP) is 3.69. The van der Waals surface area contributed by atoms with Gasteiger partial charge in [-0.2, -0.15) is 0 Å². The number of ketones is 1. The Kier molecular flexibility index (Phi) is 4.51. The van der Waals surface area contributed by atoms with Crippen LogP contribution >= 0.6 is 0 Å². The van der Waals surface area contributed by atoms with Gasteiger partial charge in [-0.05, 0) is 54.5 Å². The number of carboxylic acid groups (broad SMARTS) is 1. The van der Waals surface area contributed by atoms with Crippen molar-refractivity contribution in [1.82, 2.24) is 0 Å². The molecule has 0 unspecified atom stereocenters. The predicted molar refractivity (Wildman–Crippen MR) is 87.4 cm³/mol. The summed E-state index contributed by atoms with van der Waals surface area (Å²) in [6, 6.07) is 3.19. The maximum Gasteiger partial charge on any atom is 0.339 e. The Morgan fingerprint density at radius 2 is 2.04 bits per heavy atom. The molecule has 1 aromatic rings. The Morgan fingerprint density at radius 3 is 2.75 bits per heavy atom. The molecular formula is C19H19FO4. The first-order valence-corrected chi connectivity index (χ1v) is 8.17. The second-order valence-electron chi connectivity index (χ2n) is 6.08. The van der Waals surface area contributed by atoms with Crippen molar-refractivity contribution < 1.29 is 23.8 Å².